The van der Waals surface area contributed by atoms with Crippen molar-refractivity contribution < 1.29 is 22.8 Å². The van der Waals surface area contributed by atoms with E-state index in [1.807, 2.05) is 6.92 Å². The van der Waals surface area contributed by atoms with E-state index in [1.54, 1.807) is 55.1 Å². The SMILES string of the molecule is Cc1cc(C(=O)N2CCC(CCNC(=O)C[C@@H]3C(=O)Nc4ccccc4N3S(=O)(=O)c3cc(C)c(Cl)cc3C)CC2)n[nH]1. The van der Waals surface area contributed by atoms with Crippen molar-refractivity contribution in [3.8, 4) is 0 Å². The number of amides is 3. The molecule has 0 saturated carbocycles. The van der Waals surface area contributed by atoms with Crippen LogP contribution in [0.25, 0.3) is 0 Å². The summed E-state index contributed by atoms with van der Waals surface area (Å²) >= 11 is 6.23. The molecule has 228 valence electrons. The third-order valence-corrected chi connectivity index (χ3v) is 10.4. The second-order valence-corrected chi connectivity index (χ2v) is 13.4. The van der Waals surface area contributed by atoms with Gasteiger partial charge in [0.1, 0.15) is 11.7 Å². The number of likely N-dealkylation sites (tertiary alicyclic amines) is 1. The van der Waals surface area contributed by atoms with Crippen molar-refractivity contribution in [2.75, 3.05) is 29.3 Å². The Hall–Kier alpha value is -3.90. The van der Waals surface area contributed by atoms with Crippen LogP contribution in [-0.4, -0.2) is 66.9 Å². The van der Waals surface area contributed by atoms with Crippen LogP contribution in [0.3, 0.4) is 0 Å². The minimum Gasteiger partial charge on any atom is -0.356 e. The molecule has 0 aliphatic carbocycles. The first kappa shape index (κ1) is 30.6. The summed E-state index contributed by atoms with van der Waals surface area (Å²) in [5.41, 5.74) is 2.91. The predicted octanol–water partition coefficient (Wildman–Crippen LogP) is 3.95. The van der Waals surface area contributed by atoms with Crippen LogP contribution < -0.4 is 14.9 Å². The van der Waals surface area contributed by atoms with E-state index in [-0.39, 0.29) is 17.2 Å². The molecule has 1 saturated heterocycles. The minimum absolute atomic E-state index is 0.0246. The van der Waals surface area contributed by atoms with Crippen molar-refractivity contribution in [3.05, 3.63) is 70.0 Å². The van der Waals surface area contributed by atoms with E-state index >= 15 is 0 Å². The lowest BCUT2D eigenvalue weighted by molar-refractivity contribution is -0.125. The molecule has 13 heteroatoms. The third-order valence-electron chi connectivity index (χ3n) is 8.06. The number of fused-ring (bicyclic) bond motifs is 1. The number of aromatic nitrogens is 2. The van der Waals surface area contributed by atoms with Crippen LogP contribution >= 0.6 is 11.6 Å². The Morgan fingerprint density at radius 2 is 1.79 bits per heavy atom. The number of rotatable bonds is 8. The minimum atomic E-state index is -4.25. The number of piperidine rings is 1. The maximum Gasteiger partial charge on any atom is 0.274 e. The number of anilines is 2. The average Bonchev–Trinajstić information content (AvgIpc) is 3.41. The molecular weight excluding hydrogens is 592 g/mol. The normalized spacial score (nSPS) is 17.4. The van der Waals surface area contributed by atoms with Crippen molar-refractivity contribution in [3.63, 3.8) is 0 Å². The summed E-state index contributed by atoms with van der Waals surface area (Å²) in [6, 6.07) is 10.2. The molecule has 3 amide bonds. The monoisotopic (exact) mass is 626 g/mol. The van der Waals surface area contributed by atoms with Crippen LogP contribution in [0.5, 0.6) is 0 Å². The largest absolute Gasteiger partial charge is 0.356 e. The van der Waals surface area contributed by atoms with Gasteiger partial charge in [-0.15, -0.1) is 0 Å². The molecule has 3 aromatic rings. The topological polar surface area (TPSA) is 145 Å². The molecule has 0 unspecified atom stereocenters. The number of halogens is 1. The fourth-order valence-corrected chi connectivity index (χ4v) is 7.80. The summed E-state index contributed by atoms with van der Waals surface area (Å²) in [6.07, 6.45) is 1.97. The van der Waals surface area contributed by atoms with E-state index < -0.39 is 27.9 Å². The molecule has 0 bridgehead atoms. The molecular formula is C30H35ClN6O5S. The van der Waals surface area contributed by atoms with Gasteiger partial charge in [-0.2, -0.15) is 5.10 Å². The molecule has 3 heterocycles. The zero-order valence-corrected chi connectivity index (χ0v) is 25.9. The second kappa shape index (κ2) is 12.4. The average molecular weight is 627 g/mol. The maximum absolute atomic E-state index is 14.1. The van der Waals surface area contributed by atoms with Gasteiger partial charge in [0.05, 0.1) is 22.7 Å². The van der Waals surface area contributed by atoms with Gasteiger partial charge >= 0.3 is 0 Å². The van der Waals surface area contributed by atoms with Crippen molar-refractivity contribution >= 4 is 50.7 Å². The molecule has 0 radical (unpaired) electrons. The van der Waals surface area contributed by atoms with Crippen LogP contribution in [0.1, 0.15) is 53.0 Å². The first-order valence-corrected chi connectivity index (χ1v) is 16.1. The first-order valence-electron chi connectivity index (χ1n) is 14.2. The smallest absolute Gasteiger partial charge is 0.274 e. The zero-order chi connectivity index (χ0) is 30.9. The Balaban J connectivity index is 1.24. The Morgan fingerprint density at radius 1 is 1.07 bits per heavy atom. The number of carbonyl (C=O) groups is 3. The van der Waals surface area contributed by atoms with Crippen LogP contribution in [-0.2, 0) is 19.6 Å². The Bertz CT molecular complexity index is 1660. The number of hydrogen-bond acceptors (Lipinski definition) is 6. The molecule has 11 nitrogen and oxygen atoms in total. The van der Waals surface area contributed by atoms with Gasteiger partial charge in [0.25, 0.3) is 15.9 Å². The van der Waals surface area contributed by atoms with Crippen molar-refractivity contribution in [1.29, 1.82) is 0 Å². The second-order valence-electron chi connectivity index (χ2n) is 11.2. The third kappa shape index (κ3) is 6.40. The lowest BCUT2D eigenvalue weighted by atomic mass is 9.93. The van der Waals surface area contributed by atoms with Gasteiger partial charge in [0.15, 0.2) is 0 Å². The highest BCUT2D eigenvalue weighted by Gasteiger charge is 2.42. The zero-order valence-electron chi connectivity index (χ0n) is 24.3. The number of aryl methyl sites for hydroxylation is 3. The molecule has 2 aromatic carbocycles. The summed E-state index contributed by atoms with van der Waals surface area (Å²) in [5, 5.41) is 12.9. The number of H-pyrrole nitrogens is 1. The van der Waals surface area contributed by atoms with E-state index in [2.05, 4.69) is 20.8 Å². The van der Waals surface area contributed by atoms with Gasteiger partial charge in [-0.25, -0.2) is 8.42 Å². The summed E-state index contributed by atoms with van der Waals surface area (Å²) in [5.74, 6) is -0.773. The van der Waals surface area contributed by atoms with Crippen LogP contribution in [0.2, 0.25) is 5.02 Å². The predicted molar refractivity (Wildman–Crippen MR) is 164 cm³/mol. The summed E-state index contributed by atoms with van der Waals surface area (Å²) < 4.78 is 29.3. The quantitative estimate of drug-likeness (QED) is 0.345. The van der Waals surface area contributed by atoms with Gasteiger partial charge in [0, 0.05) is 30.4 Å². The summed E-state index contributed by atoms with van der Waals surface area (Å²) in [7, 11) is -4.25. The lowest BCUT2D eigenvalue weighted by Gasteiger charge is -2.37. The fourth-order valence-electron chi connectivity index (χ4n) is 5.65. The Labute approximate surface area is 256 Å². The number of para-hydroxylation sites is 2. The van der Waals surface area contributed by atoms with Crippen LogP contribution in [0, 0.1) is 26.7 Å². The van der Waals surface area contributed by atoms with Crippen LogP contribution in [0.4, 0.5) is 11.4 Å². The van der Waals surface area contributed by atoms with Gasteiger partial charge in [-0.1, -0.05) is 23.7 Å². The van der Waals surface area contributed by atoms with E-state index in [9.17, 15) is 22.8 Å². The number of aromatic amines is 1. The number of nitrogens with zero attached hydrogens (tertiary/aromatic N) is 3. The van der Waals surface area contributed by atoms with Gasteiger partial charge in [-0.05, 0) is 87.4 Å². The molecule has 1 atom stereocenters. The van der Waals surface area contributed by atoms with Gasteiger partial charge < -0.3 is 15.5 Å². The molecule has 5 rings (SSSR count). The summed E-state index contributed by atoms with van der Waals surface area (Å²) in [6.45, 7) is 6.81. The highest BCUT2D eigenvalue weighted by atomic mass is 35.5. The molecule has 2 aliphatic heterocycles. The first-order chi connectivity index (χ1) is 20.5. The fraction of sp³-hybridized carbons (Fsp3) is 0.400. The Morgan fingerprint density at radius 3 is 2.49 bits per heavy atom. The standard InChI is InChI=1S/C30H35ClN6O5S/c1-18-15-27(19(2)14-22(18)31)43(41,42)37-25-7-5-4-6-23(25)33-29(39)26(37)17-28(38)32-11-8-21-9-12-36(13-10-21)30(40)24-16-20(3)34-35-24/h4-7,14-16,21,26H,8-13,17H2,1-3H3,(H,32,38)(H,33,39)(H,34,35)/t26-/m1/s1. The van der Waals surface area contributed by atoms with Gasteiger partial charge in [0.2, 0.25) is 11.8 Å². The summed E-state index contributed by atoms with van der Waals surface area (Å²) in [4.78, 5) is 40.8. The van der Waals surface area contributed by atoms with Crippen molar-refractivity contribution in [2.24, 2.45) is 5.92 Å². The van der Waals surface area contributed by atoms with E-state index in [1.165, 1.54) is 6.07 Å². The highest BCUT2D eigenvalue weighted by molar-refractivity contribution is 7.93. The van der Waals surface area contributed by atoms with Gasteiger partial charge in [-0.3, -0.25) is 23.8 Å². The van der Waals surface area contributed by atoms with E-state index in [4.69, 9.17) is 11.6 Å². The van der Waals surface area contributed by atoms with Crippen molar-refractivity contribution in [1.82, 2.24) is 20.4 Å². The molecule has 2 aliphatic rings. The van der Waals surface area contributed by atoms with Crippen LogP contribution in [0.15, 0.2) is 47.4 Å². The lowest BCUT2D eigenvalue weighted by Crippen LogP contribution is -2.53. The maximum atomic E-state index is 14.1. The van der Waals surface area contributed by atoms with Crippen molar-refractivity contribution in [2.45, 2.75) is 57.4 Å². The molecule has 43 heavy (non-hydrogen) atoms. The Kier molecular flexibility index (Phi) is 8.79. The number of benzene rings is 2. The molecule has 1 aromatic heterocycles. The molecule has 0 spiro atoms. The number of carbonyl (C=O) groups excluding carboxylic acids is 3. The molecule has 1 fully saturated rings. The number of hydrogen-bond donors (Lipinski definition) is 3. The van der Waals surface area contributed by atoms with E-state index in [0.717, 1.165) is 22.8 Å². The number of nitrogens with one attached hydrogen (secondary N) is 3. The highest BCUT2D eigenvalue weighted by Crippen LogP contribution is 2.38. The number of sulfonamides is 1. The van der Waals surface area contributed by atoms with E-state index in [0.29, 0.717) is 65.2 Å². The molecule has 3 N–H and O–H groups in total.